The molecule has 0 bridgehead atoms. The molecule has 2 heterocycles. The van der Waals surface area contributed by atoms with Crippen LogP contribution in [-0.4, -0.2) is 22.1 Å². The zero-order chi connectivity index (χ0) is 24.7. The number of nitrogens with one attached hydrogen (secondary N) is 1. The Kier molecular flexibility index (Phi) is 7.68. The van der Waals surface area contributed by atoms with E-state index in [0.717, 1.165) is 34.1 Å². The number of fused-ring (bicyclic) bond motifs is 2. The van der Waals surface area contributed by atoms with Crippen LogP contribution in [0.25, 0.3) is 16.7 Å². The molecule has 6 nitrogen and oxygen atoms in total. The van der Waals surface area contributed by atoms with Crippen molar-refractivity contribution in [2.24, 2.45) is 0 Å². The largest absolute Gasteiger partial charge is 1.00 e. The van der Waals surface area contributed by atoms with Crippen molar-refractivity contribution in [2.45, 2.75) is 39.8 Å². The fourth-order valence-corrected chi connectivity index (χ4v) is 4.54. The molecule has 182 valence electrons. The van der Waals surface area contributed by atoms with Crippen LogP contribution in [-0.2, 0) is 22.5 Å². The summed E-state index contributed by atoms with van der Waals surface area (Å²) in [6.07, 6.45) is 0.180. The Morgan fingerprint density at radius 1 is 1.25 bits per heavy atom. The predicted molar refractivity (Wildman–Crippen MR) is 130 cm³/mol. The Morgan fingerprint density at radius 3 is 2.81 bits per heavy atom. The van der Waals surface area contributed by atoms with Gasteiger partial charge >= 0.3 is 35.5 Å². The number of ether oxygens (including phenoxy) is 2. The zero-order valence-electron chi connectivity index (χ0n) is 21.7. The molecular weight excluding hydrogens is 475 g/mol. The van der Waals surface area contributed by atoms with Gasteiger partial charge in [-0.3, -0.25) is 9.36 Å². The van der Waals surface area contributed by atoms with Crippen LogP contribution in [0.3, 0.4) is 0 Å². The number of anilines is 1. The third-order valence-electron chi connectivity index (χ3n) is 6.30. The van der Waals surface area contributed by atoms with E-state index in [9.17, 15) is 13.6 Å². The van der Waals surface area contributed by atoms with Crippen molar-refractivity contribution in [1.82, 2.24) is 9.55 Å². The Balaban J connectivity index is 0.00000190. The van der Waals surface area contributed by atoms with Crippen LogP contribution in [0.15, 0.2) is 48.5 Å². The average Bonchev–Trinajstić information content (AvgIpc) is 3.41. The van der Waals surface area contributed by atoms with Gasteiger partial charge in [-0.2, -0.15) is 0 Å². The van der Waals surface area contributed by atoms with Crippen LogP contribution in [0.2, 0.25) is 0 Å². The number of nitrogens with zero attached hydrogens (tertiary/aromatic N) is 2. The maximum atomic E-state index is 14.8. The Bertz CT molecular complexity index is 1460. The van der Waals surface area contributed by atoms with Crippen LogP contribution < -0.4 is 39.6 Å². The van der Waals surface area contributed by atoms with Gasteiger partial charge in [0.25, 0.3) is 0 Å². The molecule has 0 amide bonds. The second-order valence-corrected chi connectivity index (χ2v) is 8.52. The van der Waals surface area contributed by atoms with E-state index in [1.165, 1.54) is 13.0 Å². The first kappa shape index (κ1) is 26.1. The fourth-order valence-electron chi connectivity index (χ4n) is 4.54. The molecular formula is C27H26F2N3NaO3. The van der Waals surface area contributed by atoms with Gasteiger partial charge in [-0.25, -0.2) is 13.8 Å². The predicted octanol–water partition coefficient (Wildman–Crippen LogP) is 2.90. The number of imidazole rings is 1. The van der Waals surface area contributed by atoms with E-state index in [1.807, 2.05) is 50.2 Å². The first-order chi connectivity index (χ1) is 16.9. The molecule has 1 aromatic heterocycles. The summed E-state index contributed by atoms with van der Waals surface area (Å²) in [5.74, 6) is -0.796. The van der Waals surface area contributed by atoms with Crippen LogP contribution in [0, 0.1) is 18.6 Å². The van der Waals surface area contributed by atoms with Crippen LogP contribution in [0.5, 0.6) is 5.75 Å². The fraction of sp³-hybridized carbons (Fsp3) is 0.259. The summed E-state index contributed by atoms with van der Waals surface area (Å²) in [4.78, 5) is 15.8. The third-order valence-corrected chi connectivity index (χ3v) is 6.30. The standard InChI is InChI=1S/C27H25F2N3O3.Na.H/c1-4-25-31-21-11-10-20(28)26(29)27(21)32(25)22-7-5-6-17(15(22)2)13-30-18-8-9-19-23(12-18)34-14-24(19)35-16(3)33;;/h5-12,24,30H,4,13-14H2,1-3H3;;/q;+1;-1/t24-;;/m1../s1. The summed E-state index contributed by atoms with van der Waals surface area (Å²) in [5.41, 5.74) is 4.97. The number of aromatic nitrogens is 2. The molecule has 0 unspecified atom stereocenters. The number of halogens is 2. The first-order valence-electron chi connectivity index (χ1n) is 11.5. The van der Waals surface area contributed by atoms with Crippen molar-refractivity contribution in [3.8, 4) is 11.4 Å². The minimum Gasteiger partial charge on any atom is -1.00 e. The third kappa shape index (κ3) is 4.73. The number of carbonyl (C=O) groups is 1. The van der Waals surface area contributed by atoms with Crippen molar-refractivity contribution < 1.29 is 54.0 Å². The SMILES string of the molecule is CCc1nc2ccc(F)c(F)c2n1-c1cccc(CNc2ccc3c(c2)OC[C@H]3OC(C)=O)c1C.[H-].[Na+]. The van der Waals surface area contributed by atoms with Gasteiger partial charge in [0.15, 0.2) is 17.7 Å². The van der Waals surface area contributed by atoms with Gasteiger partial charge in [0.05, 0.1) is 11.2 Å². The number of esters is 1. The molecule has 1 N–H and O–H groups in total. The molecule has 9 heteroatoms. The molecule has 0 radical (unpaired) electrons. The molecule has 0 aliphatic carbocycles. The van der Waals surface area contributed by atoms with Crippen LogP contribution in [0.4, 0.5) is 14.5 Å². The van der Waals surface area contributed by atoms with E-state index in [2.05, 4.69) is 10.3 Å². The Hall–Kier alpha value is -2.94. The van der Waals surface area contributed by atoms with Gasteiger partial charge in [0.2, 0.25) is 0 Å². The van der Waals surface area contributed by atoms with Gasteiger partial charge in [0, 0.05) is 37.2 Å². The quantitative estimate of drug-likeness (QED) is 0.325. The van der Waals surface area contributed by atoms with Crippen LogP contribution >= 0.6 is 0 Å². The minimum atomic E-state index is -0.900. The zero-order valence-corrected chi connectivity index (χ0v) is 22.7. The number of carbonyl (C=O) groups excluding carboxylic acids is 1. The number of aryl methyl sites for hydroxylation is 1. The Morgan fingerprint density at radius 2 is 2.06 bits per heavy atom. The van der Waals surface area contributed by atoms with Gasteiger partial charge in [-0.15, -0.1) is 0 Å². The van der Waals surface area contributed by atoms with Crippen molar-refractivity contribution >= 4 is 22.7 Å². The molecule has 1 aliphatic heterocycles. The summed E-state index contributed by atoms with van der Waals surface area (Å²) in [5, 5.41) is 3.40. The molecule has 0 saturated heterocycles. The molecule has 36 heavy (non-hydrogen) atoms. The summed E-state index contributed by atoms with van der Waals surface area (Å²) in [6.45, 7) is 6.09. The molecule has 3 aromatic carbocycles. The molecule has 0 saturated carbocycles. The summed E-state index contributed by atoms with van der Waals surface area (Å²) < 4.78 is 41.6. The van der Waals surface area contributed by atoms with E-state index >= 15 is 0 Å². The average molecular weight is 502 g/mol. The van der Waals surface area contributed by atoms with Gasteiger partial charge in [-0.1, -0.05) is 19.1 Å². The minimum absolute atomic E-state index is 0. The molecule has 1 atom stereocenters. The first-order valence-corrected chi connectivity index (χ1v) is 11.5. The normalized spacial score (nSPS) is 14.2. The molecule has 0 fully saturated rings. The monoisotopic (exact) mass is 501 g/mol. The van der Waals surface area contributed by atoms with Crippen molar-refractivity contribution in [3.63, 3.8) is 0 Å². The van der Waals surface area contributed by atoms with E-state index in [4.69, 9.17) is 9.47 Å². The summed E-state index contributed by atoms with van der Waals surface area (Å²) in [6, 6.07) is 14.1. The molecule has 4 aromatic rings. The number of hydrogen-bond acceptors (Lipinski definition) is 5. The van der Waals surface area contributed by atoms with E-state index in [0.29, 0.717) is 36.7 Å². The van der Waals surface area contributed by atoms with E-state index in [1.54, 1.807) is 4.57 Å². The van der Waals surface area contributed by atoms with E-state index < -0.39 is 17.7 Å². The number of hydrogen-bond donors (Lipinski definition) is 1. The van der Waals surface area contributed by atoms with Crippen molar-refractivity contribution in [3.05, 3.63) is 82.7 Å². The smallest absolute Gasteiger partial charge is 1.00 e. The van der Waals surface area contributed by atoms with Gasteiger partial charge in [-0.05, 0) is 48.4 Å². The second kappa shape index (κ2) is 10.6. The van der Waals surface area contributed by atoms with Gasteiger partial charge in [0.1, 0.15) is 23.7 Å². The molecule has 0 spiro atoms. The topological polar surface area (TPSA) is 65.4 Å². The van der Waals surface area contributed by atoms with Crippen molar-refractivity contribution in [2.75, 3.05) is 11.9 Å². The number of rotatable bonds is 6. The summed E-state index contributed by atoms with van der Waals surface area (Å²) >= 11 is 0. The van der Waals surface area contributed by atoms with Crippen molar-refractivity contribution in [1.29, 1.82) is 0 Å². The second-order valence-electron chi connectivity index (χ2n) is 8.52. The number of benzene rings is 3. The Labute approximate surface area is 231 Å². The molecule has 1 aliphatic rings. The maximum absolute atomic E-state index is 14.8. The van der Waals surface area contributed by atoms with Gasteiger partial charge < -0.3 is 16.2 Å². The maximum Gasteiger partial charge on any atom is 1.00 e. The van der Waals surface area contributed by atoms with Crippen LogP contribution in [0.1, 0.15) is 43.9 Å². The van der Waals surface area contributed by atoms with E-state index in [-0.39, 0.29) is 42.5 Å². The summed E-state index contributed by atoms with van der Waals surface area (Å²) in [7, 11) is 0. The molecule has 5 rings (SSSR count).